The first-order valence-electron chi connectivity index (χ1n) is 13.2. The van der Waals surface area contributed by atoms with E-state index in [1.807, 2.05) is 0 Å². The number of aliphatic hydroxyl groups is 2. The molecule has 1 unspecified atom stereocenters. The van der Waals surface area contributed by atoms with Crippen molar-refractivity contribution in [3.8, 4) is 0 Å². The van der Waals surface area contributed by atoms with E-state index in [-0.39, 0.29) is 6.61 Å². The van der Waals surface area contributed by atoms with Gasteiger partial charge in [-0.25, -0.2) is 0 Å². The topological polar surface area (TPSA) is 66.8 Å². The van der Waals surface area contributed by atoms with E-state index in [9.17, 15) is 15.0 Å². The largest absolute Gasteiger partial charge is 0.456 e. The molecule has 3 atom stereocenters. The molecule has 1 rings (SSSR count). The highest BCUT2D eigenvalue weighted by molar-refractivity contribution is 5.76. The number of cyclic esters (lactones) is 1. The Morgan fingerprint density at radius 3 is 1.71 bits per heavy atom. The summed E-state index contributed by atoms with van der Waals surface area (Å²) in [6.07, 6.45) is 26.5. The molecule has 2 N–H and O–H groups in total. The summed E-state index contributed by atoms with van der Waals surface area (Å²) in [7, 11) is 0. The summed E-state index contributed by atoms with van der Waals surface area (Å²) in [4.78, 5) is 11.7. The highest BCUT2D eigenvalue weighted by Gasteiger charge is 2.51. The predicted octanol–water partition coefficient (Wildman–Crippen LogP) is 6.87. The molecule has 1 aliphatic heterocycles. The Balaban J connectivity index is 1.83. The first kappa shape index (κ1) is 28.2. The molecular weight excluding hydrogens is 388 g/mol. The van der Waals surface area contributed by atoms with E-state index in [1.165, 1.54) is 96.3 Å². The minimum atomic E-state index is -0.891. The van der Waals surface area contributed by atoms with Gasteiger partial charge in [-0.3, -0.25) is 4.79 Å². The van der Waals surface area contributed by atoms with Crippen LogP contribution >= 0.6 is 0 Å². The van der Waals surface area contributed by atoms with Gasteiger partial charge in [0.25, 0.3) is 0 Å². The zero-order valence-corrected chi connectivity index (χ0v) is 20.5. The molecule has 0 aromatic heterocycles. The Bertz CT molecular complexity index is 476. The summed E-state index contributed by atoms with van der Waals surface area (Å²) in [5.41, 5.74) is -0.823. The van der Waals surface area contributed by atoms with E-state index < -0.39 is 23.6 Å². The smallest absolute Gasteiger partial charge is 0.314 e. The lowest BCUT2D eigenvalue weighted by Crippen LogP contribution is -2.39. The van der Waals surface area contributed by atoms with Gasteiger partial charge in [-0.15, -0.1) is 0 Å². The van der Waals surface area contributed by atoms with Crippen molar-refractivity contribution in [2.75, 3.05) is 6.61 Å². The van der Waals surface area contributed by atoms with Gasteiger partial charge < -0.3 is 14.9 Å². The zero-order valence-electron chi connectivity index (χ0n) is 20.5. The number of hydrogen-bond donors (Lipinski definition) is 2. The number of ether oxygens (including phenoxy) is 1. The van der Waals surface area contributed by atoms with Crippen LogP contribution in [0.2, 0.25) is 0 Å². The van der Waals surface area contributed by atoms with Crippen LogP contribution in [0.3, 0.4) is 0 Å². The molecule has 0 amide bonds. The first-order valence-corrected chi connectivity index (χ1v) is 13.2. The van der Waals surface area contributed by atoms with Crippen LogP contribution in [0.25, 0.3) is 0 Å². The highest BCUT2D eigenvalue weighted by Crippen LogP contribution is 2.35. The minimum absolute atomic E-state index is 0.341. The van der Waals surface area contributed by atoms with Gasteiger partial charge in [-0.1, -0.05) is 103 Å². The van der Waals surface area contributed by atoms with Crippen LogP contribution in [0.4, 0.5) is 0 Å². The maximum absolute atomic E-state index is 11.7. The lowest BCUT2D eigenvalue weighted by molar-refractivity contribution is -0.151. The Labute approximate surface area is 191 Å². The molecule has 4 heteroatoms. The number of unbranched alkanes of at least 4 members (excludes halogenated alkanes) is 15. The average Bonchev–Trinajstić information content (AvgIpc) is 2.97. The van der Waals surface area contributed by atoms with Crippen molar-refractivity contribution in [3.05, 3.63) is 12.2 Å². The van der Waals surface area contributed by atoms with Gasteiger partial charge in [0.1, 0.15) is 17.6 Å². The number of rotatable bonds is 20. The SMILES string of the molecule is CCC/C=C/CCCCCCCCCCCCCCCC[C@@]1(C)OC(=O)[C@@H](CO)C1O. The first-order chi connectivity index (χ1) is 15.0. The molecule has 0 saturated carbocycles. The van der Waals surface area contributed by atoms with Gasteiger partial charge in [-0.2, -0.15) is 0 Å². The zero-order chi connectivity index (χ0) is 22.8. The Hall–Kier alpha value is -0.870. The molecule has 0 aromatic carbocycles. The summed E-state index contributed by atoms with van der Waals surface area (Å²) in [6, 6.07) is 0. The van der Waals surface area contributed by atoms with Crippen molar-refractivity contribution in [2.45, 2.75) is 141 Å². The lowest BCUT2D eigenvalue weighted by atomic mass is 9.87. The number of hydrogen-bond acceptors (Lipinski definition) is 4. The Kier molecular flexibility index (Phi) is 16.0. The van der Waals surface area contributed by atoms with E-state index in [0.717, 1.165) is 12.8 Å². The Morgan fingerprint density at radius 2 is 1.26 bits per heavy atom. The van der Waals surface area contributed by atoms with Crippen LogP contribution in [0.15, 0.2) is 12.2 Å². The third-order valence-electron chi connectivity index (χ3n) is 6.76. The second kappa shape index (κ2) is 17.7. The normalized spacial score (nSPS) is 23.7. The Morgan fingerprint density at radius 1 is 0.806 bits per heavy atom. The summed E-state index contributed by atoms with van der Waals surface area (Å²) in [6.45, 7) is 3.68. The summed E-state index contributed by atoms with van der Waals surface area (Å²) in [5, 5.41) is 19.4. The van der Waals surface area contributed by atoms with Gasteiger partial charge in [0.2, 0.25) is 0 Å². The maximum atomic E-state index is 11.7. The second-order valence-electron chi connectivity index (χ2n) is 9.72. The molecule has 0 aromatic rings. The number of carbonyl (C=O) groups excluding carboxylic acids is 1. The van der Waals surface area contributed by atoms with E-state index >= 15 is 0 Å². The van der Waals surface area contributed by atoms with Crippen LogP contribution in [0.5, 0.6) is 0 Å². The van der Waals surface area contributed by atoms with Crippen molar-refractivity contribution >= 4 is 5.97 Å². The molecule has 0 spiro atoms. The third-order valence-corrected chi connectivity index (χ3v) is 6.76. The van der Waals surface area contributed by atoms with E-state index in [0.29, 0.717) is 6.42 Å². The predicted molar refractivity (Wildman–Crippen MR) is 129 cm³/mol. The van der Waals surface area contributed by atoms with Crippen LogP contribution < -0.4 is 0 Å². The molecule has 31 heavy (non-hydrogen) atoms. The van der Waals surface area contributed by atoms with Crippen molar-refractivity contribution in [1.82, 2.24) is 0 Å². The molecule has 182 valence electrons. The fourth-order valence-electron chi connectivity index (χ4n) is 4.56. The molecule has 1 saturated heterocycles. The van der Waals surface area contributed by atoms with Crippen LogP contribution in [0, 0.1) is 5.92 Å². The van der Waals surface area contributed by atoms with Gasteiger partial charge >= 0.3 is 5.97 Å². The third kappa shape index (κ3) is 12.1. The molecule has 0 bridgehead atoms. The van der Waals surface area contributed by atoms with Crippen molar-refractivity contribution in [3.63, 3.8) is 0 Å². The molecule has 1 fully saturated rings. The second-order valence-corrected chi connectivity index (χ2v) is 9.72. The van der Waals surface area contributed by atoms with E-state index in [1.54, 1.807) is 6.92 Å². The van der Waals surface area contributed by atoms with Crippen LogP contribution in [0.1, 0.15) is 129 Å². The van der Waals surface area contributed by atoms with Crippen LogP contribution in [-0.2, 0) is 9.53 Å². The number of aliphatic hydroxyl groups excluding tert-OH is 2. The van der Waals surface area contributed by atoms with Gasteiger partial charge in [0.15, 0.2) is 0 Å². The number of esters is 1. The summed E-state index contributed by atoms with van der Waals surface area (Å²) < 4.78 is 5.35. The minimum Gasteiger partial charge on any atom is -0.456 e. The van der Waals surface area contributed by atoms with Crippen molar-refractivity contribution in [1.29, 1.82) is 0 Å². The molecular formula is C27H50O4. The highest BCUT2D eigenvalue weighted by atomic mass is 16.6. The molecule has 0 aliphatic carbocycles. The quantitative estimate of drug-likeness (QED) is 0.124. The fraction of sp³-hybridized carbons (Fsp3) is 0.889. The lowest BCUT2D eigenvalue weighted by Gasteiger charge is -2.27. The average molecular weight is 439 g/mol. The van der Waals surface area contributed by atoms with E-state index in [4.69, 9.17) is 4.74 Å². The van der Waals surface area contributed by atoms with Gasteiger partial charge in [0.05, 0.1) is 6.61 Å². The fourth-order valence-corrected chi connectivity index (χ4v) is 4.56. The van der Waals surface area contributed by atoms with Crippen LogP contribution in [-0.4, -0.2) is 34.5 Å². The maximum Gasteiger partial charge on any atom is 0.314 e. The number of carbonyl (C=O) groups is 1. The van der Waals surface area contributed by atoms with Gasteiger partial charge in [0, 0.05) is 0 Å². The van der Waals surface area contributed by atoms with Crippen molar-refractivity contribution in [2.24, 2.45) is 5.92 Å². The standard InChI is InChI=1S/C27H50O4/c1-3-4-5-6-7-8-9-10-11-12-13-14-15-16-17-18-19-20-21-22-27(2)25(29)24(23-28)26(30)31-27/h5-6,24-25,28-29H,3-4,7-23H2,1-2H3/b6-5+/t24-,25?,27+/m0/s1. The summed E-state index contributed by atoms with van der Waals surface area (Å²) in [5.74, 6) is -1.24. The summed E-state index contributed by atoms with van der Waals surface area (Å²) >= 11 is 0. The molecule has 1 aliphatic rings. The van der Waals surface area contributed by atoms with Gasteiger partial charge in [-0.05, 0) is 39.0 Å². The van der Waals surface area contributed by atoms with E-state index in [2.05, 4.69) is 19.1 Å². The molecule has 0 radical (unpaired) electrons. The molecule has 1 heterocycles. The molecule has 4 nitrogen and oxygen atoms in total. The monoisotopic (exact) mass is 438 g/mol. The number of allylic oxidation sites excluding steroid dienone is 2. The van der Waals surface area contributed by atoms with Crippen molar-refractivity contribution < 1.29 is 19.7 Å².